The summed E-state index contributed by atoms with van der Waals surface area (Å²) in [5.41, 5.74) is 0. The van der Waals surface area contributed by atoms with Crippen LogP contribution in [0.3, 0.4) is 0 Å². The van der Waals surface area contributed by atoms with Crippen molar-refractivity contribution in [3.05, 3.63) is 18.5 Å². The molecule has 0 bridgehead atoms. The second-order valence-corrected chi connectivity index (χ2v) is 5.64. The first-order valence-electron chi connectivity index (χ1n) is 5.07. The SMILES string of the molecule is C=CCNCC(C)Sc1nc(CC)ns1. The van der Waals surface area contributed by atoms with Crippen molar-refractivity contribution in [2.45, 2.75) is 29.9 Å². The van der Waals surface area contributed by atoms with Crippen LogP contribution in [0.15, 0.2) is 17.0 Å². The zero-order valence-electron chi connectivity index (χ0n) is 9.19. The summed E-state index contributed by atoms with van der Waals surface area (Å²) in [7, 11) is 0. The van der Waals surface area contributed by atoms with Gasteiger partial charge in [0.2, 0.25) is 0 Å². The van der Waals surface area contributed by atoms with E-state index >= 15 is 0 Å². The summed E-state index contributed by atoms with van der Waals surface area (Å²) in [5, 5.41) is 3.81. The summed E-state index contributed by atoms with van der Waals surface area (Å²) in [6, 6.07) is 0. The number of nitrogens with one attached hydrogen (secondary N) is 1. The van der Waals surface area contributed by atoms with Crippen molar-refractivity contribution in [2.24, 2.45) is 0 Å². The predicted octanol–water partition coefficient (Wildman–Crippen LogP) is 2.36. The van der Waals surface area contributed by atoms with Crippen LogP contribution in [-0.2, 0) is 6.42 Å². The Labute approximate surface area is 99.6 Å². The Balaban J connectivity index is 2.30. The smallest absolute Gasteiger partial charge is 0.170 e. The van der Waals surface area contributed by atoms with E-state index in [0.717, 1.165) is 29.7 Å². The van der Waals surface area contributed by atoms with Crippen molar-refractivity contribution in [2.75, 3.05) is 13.1 Å². The highest BCUT2D eigenvalue weighted by atomic mass is 32.2. The Kier molecular flexibility index (Phi) is 5.90. The minimum absolute atomic E-state index is 0.516. The Morgan fingerprint density at radius 3 is 3.07 bits per heavy atom. The van der Waals surface area contributed by atoms with Gasteiger partial charge in [-0.25, -0.2) is 4.98 Å². The van der Waals surface area contributed by atoms with Crippen LogP contribution in [0.5, 0.6) is 0 Å². The van der Waals surface area contributed by atoms with Gasteiger partial charge in [-0.1, -0.05) is 31.7 Å². The van der Waals surface area contributed by atoms with Gasteiger partial charge < -0.3 is 5.32 Å². The molecule has 5 heteroatoms. The molecule has 0 saturated carbocycles. The van der Waals surface area contributed by atoms with E-state index in [1.54, 1.807) is 11.8 Å². The van der Waals surface area contributed by atoms with Crippen LogP contribution in [0.2, 0.25) is 0 Å². The molecule has 1 aromatic rings. The molecule has 15 heavy (non-hydrogen) atoms. The molecule has 1 heterocycles. The molecule has 0 fully saturated rings. The normalized spacial score (nSPS) is 12.7. The standard InChI is InChI=1S/C10H17N3S2/c1-4-6-11-7-8(3)14-10-12-9(5-2)13-15-10/h4,8,11H,1,5-7H2,2-3H3. The van der Waals surface area contributed by atoms with Gasteiger partial charge in [0, 0.05) is 24.8 Å². The molecule has 0 aliphatic carbocycles. The number of thioether (sulfide) groups is 1. The average molecular weight is 243 g/mol. The topological polar surface area (TPSA) is 37.8 Å². The zero-order valence-corrected chi connectivity index (χ0v) is 10.8. The number of aromatic nitrogens is 2. The molecule has 1 aromatic heterocycles. The summed E-state index contributed by atoms with van der Waals surface area (Å²) in [6.45, 7) is 9.76. The third-order valence-electron chi connectivity index (χ3n) is 1.79. The summed E-state index contributed by atoms with van der Waals surface area (Å²) < 4.78 is 5.33. The van der Waals surface area contributed by atoms with Gasteiger partial charge in [0.25, 0.3) is 0 Å². The molecule has 0 saturated heterocycles. The maximum atomic E-state index is 4.42. The van der Waals surface area contributed by atoms with E-state index in [1.807, 2.05) is 6.08 Å². The van der Waals surface area contributed by atoms with Crippen molar-refractivity contribution in [3.8, 4) is 0 Å². The van der Waals surface area contributed by atoms with Crippen molar-refractivity contribution >= 4 is 23.3 Å². The van der Waals surface area contributed by atoms with Gasteiger partial charge in [-0.2, -0.15) is 4.37 Å². The van der Waals surface area contributed by atoms with Crippen LogP contribution in [0.1, 0.15) is 19.7 Å². The lowest BCUT2D eigenvalue weighted by molar-refractivity contribution is 0.740. The highest BCUT2D eigenvalue weighted by molar-refractivity contribution is 8.01. The summed E-state index contributed by atoms with van der Waals surface area (Å²) >= 11 is 3.27. The zero-order chi connectivity index (χ0) is 11.1. The molecule has 1 rings (SSSR count). The second kappa shape index (κ2) is 6.98. The van der Waals surface area contributed by atoms with Crippen LogP contribution in [-0.4, -0.2) is 27.7 Å². The molecule has 0 radical (unpaired) electrons. The van der Waals surface area contributed by atoms with Crippen LogP contribution in [0, 0.1) is 0 Å². The van der Waals surface area contributed by atoms with Gasteiger partial charge in [-0.05, 0) is 11.5 Å². The van der Waals surface area contributed by atoms with E-state index in [2.05, 4.69) is 35.1 Å². The van der Waals surface area contributed by atoms with E-state index in [9.17, 15) is 0 Å². The minimum Gasteiger partial charge on any atom is -0.312 e. The molecule has 0 amide bonds. The van der Waals surface area contributed by atoms with Crippen LogP contribution >= 0.6 is 23.3 Å². The van der Waals surface area contributed by atoms with Gasteiger partial charge in [-0.15, -0.1) is 6.58 Å². The largest absolute Gasteiger partial charge is 0.312 e. The molecule has 1 atom stereocenters. The molecule has 0 aliphatic heterocycles. The first kappa shape index (κ1) is 12.7. The predicted molar refractivity (Wildman–Crippen MR) is 67.7 cm³/mol. The third-order valence-corrected chi connectivity index (χ3v) is 3.71. The lowest BCUT2D eigenvalue weighted by Gasteiger charge is -2.08. The average Bonchev–Trinajstić information content (AvgIpc) is 2.66. The Morgan fingerprint density at radius 2 is 2.47 bits per heavy atom. The lowest BCUT2D eigenvalue weighted by Crippen LogP contribution is -2.22. The van der Waals surface area contributed by atoms with E-state index in [0.29, 0.717) is 5.25 Å². The van der Waals surface area contributed by atoms with Crippen LogP contribution in [0.25, 0.3) is 0 Å². The van der Waals surface area contributed by atoms with E-state index in [-0.39, 0.29) is 0 Å². The minimum atomic E-state index is 0.516. The van der Waals surface area contributed by atoms with Crippen molar-refractivity contribution in [1.82, 2.24) is 14.7 Å². The number of hydrogen-bond donors (Lipinski definition) is 1. The second-order valence-electron chi connectivity index (χ2n) is 3.21. The Morgan fingerprint density at radius 1 is 1.67 bits per heavy atom. The highest BCUT2D eigenvalue weighted by Crippen LogP contribution is 2.24. The van der Waals surface area contributed by atoms with E-state index in [4.69, 9.17) is 0 Å². The monoisotopic (exact) mass is 243 g/mol. The Bertz CT molecular complexity index is 299. The van der Waals surface area contributed by atoms with Crippen molar-refractivity contribution < 1.29 is 0 Å². The van der Waals surface area contributed by atoms with Gasteiger partial charge in [0.1, 0.15) is 5.82 Å². The molecule has 84 valence electrons. The van der Waals surface area contributed by atoms with Gasteiger partial charge >= 0.3 is 0 Å². The lowest BCUT2D eigenvalue weighted by atomic mass is 10.4. The molecule has 0 aromatic carbocycles. The van der Waals surface area contributed by atoms with Gasteiger partial charge in [0.05, 0.1) is 0 Å². The first-order valence-corrected chi connectivity index (χ1v) is 6.72. The quantitative estimate of drug-likeness (QED) is 0.453. The third kappa shape index (κ3) is 4.77. The fourth-order valence-electron chi connectivity index (χ4n) is 1.03. The highest BCUT2D eigenvalue weighted by Gasteiger charge is 2.08. The number of rotatable bonds is 7. The number of aryl methyl sites for hydroxylation is 1. The van der Waals surface area contributed by atoms with Gasteiger partial charge in [0.15, 0.2) is 4.34 Å². The Hall–Kier alpha value is -0.390. The number of hydrogen-bond acceptors (Lipinski definition) is 5. The van der Waals surface area contributed by atoms with E-state index < -0.39 is 0 Å². The molecular weight excluding hydrogens is 226 g/mol. The maximum absolute atomic E-state index is 4.42. The molecule has 0 spiro atoms. The molecule has 1 N–H and O–H groups in total. The van der Waals surface area contributed by atoms with Crippen molar-refractivity contribution in [3.63, 3.8) is 0 Å². The van der Waals surface area contributed by atoms with Crippen LogP contribution < -0.4 is 5.32 Å². The number of nitrogens with zero attached hydrogens (tertiary/aromatic N) is 2. The fraction of sp³-hybridized carbons (Fsp3) is 0.600. The molecule has 3 nitrogen and oxygen atoms in total. The molecular formula is C10H17N3S2. The molecule has 1 unspecified atom stereocenters. The fourth-order valence-corrected chi connectivity index (χ4v) is 3.01. The van der Waals surface area contributed by atoms with Gasteiger partial charge in [-0.3, -0.25) is 0 Å². The summed E-state index contributed by atoms with van der Waals surface area (Å²) in [5.74, 6) is 0.953. The van der Waals surface area contributed by atoms with Crippen molar-refractivity contribution in [1.29, 1.82) is 0 Å². The van der Waals surface area contributed by atoms with Crippen LogP contribution in [0.4, 0.5) is 0 Å². The summed E-state index contributed by atoms with van der Waals surface area (Å²) in [4.78, 5) is 4.42. The summed E-state index contributed by atoms with van der Waals surface area (Å²) in [6.07, 6.45) is 2.79. The maximum Gasteiger partial charge on any atom is 0.170 e. The molecule has 0 aliphatic rings. The first-order chi connectivity index (χ1) is 7.26. The van der Waals surface area contributed by atoms with E-state index in [1.165, 1.54) is 11.5 Å².